The lowest BCUT2D eigenvalue weighted by atomic mass is 9.92. The third-order valence-electron chi connectivity index (χ3n) is 11.4. The van der Waals surface area contributed by atoms with Crippen molar-refractivity contribution in [2.24, 2.45) is 16.8 Å². The molecule has 0 aliphatic heterocycles. The van der Waals surface area contributed by atoms with Crippen LogP contribution in [0.3, 0.4) is 0 Å². The maximum absolute atomic E-state index is 11.2. The molecule has 0 saturated carbocycles. The number of hydrogen-bond donors (Lipinski definition) is 4. The molecule has 4 aromatic carbocycles. The predicted octanol–water partition coefficient (Wildman–Crippen LogP) is 10.4. The van der Waals surface area contributed by atoms with Crippen molar-refractivity contribution in [1.29, 1.82) is 0 Å². The number of benzene rings is 4. The number of carbonyl (C=O) groups is 1. The Hall–Kier alpha value is -6.02. The minimum absolute atomic E-state index is 0.0694. The van der Waals surface area contributed by atoms with Gasteiger partial charge in [0.2, 0.25) is 0 Å². The van der Waals surface area contributed by atoms with Gasteiger partial charge < -0.3 is 39.6 Å². The Kier molecular flexibility index (Phi) is 18.5. The van der Waals surface area contributed by atoms with Crippen LogP contribution < -0.4 is 24.3 Å². The summed E-state index contributed by atoms with van der Waals surface area (Å²) in [5.41, 5.74) is 11.2. The molecule has 0 radical (unpaired) electrons. The average Bonchev–Trinajstić information content (AvgIpc) is 3.30. The summed E-state index contributed by atoms with van der Waals surface area (Å²) >= 11 is 13.6. The molecule has 6 aromatic rings. The first-order valence-corrected chi connectivity index (χ1v) is 22.8. The van der Waals surface area contributed by atoms with Crippen LogP contribution in [0.25, 0.3) is 11.1 Å². The first-order valence-electron chi connectivity index (χ1n) is 22.1. The van der Waals surface area contributed by atoms with Crippen LogP contribution >= 0.6 is 23.2 Å². The average molecular weight is 950 g/mol. The van der Waals surface area contributed by atoms with E-state index in [-0.39, 0.29) is 51.3 Å². The number of aromatic nitrogens is 2. The molecule has 0 aliphatic rings. The summed E-state index contributed by atoms with van der Waals surface area (Å²) in [5.74, 6) is 0.873. The zero-order valence-corrected chi connectivity index (χ0v) is 40.0. The molecular weight excluding hydrogens is 892 g/mol. The second-order valence-electron chi connectivity index (χ2n) is 16.8. The standard InChI is InChI=1S/C53H58Cl2N4O8/c1-33(12-37(27-60)15-53(62)63)21-58-26-43-16-47(54)51(18-49(43)64-29-39-13-34(2)20-57-24-39)66-31-41-8-6-10-45(35(41)3)46-11-7-9-42(36(46)4)32-67-52-19-50(44(28-61)17-48(52)55)65-30-40-14-38(22-56-5)23-59-25-40/h6-11,13-14,16-20,22-25,33,37,58,60-61H,12,15,21,26-32H2,1-5H3,(H,62,63). The first kappa shape index (κ1) is 50.4. The molecule has 0 fully saturated rings. The van der Waals surface area contributed by atoms with Gasteiger partial charge in [-0.25, -0.2) is 0 Å². The van der Waals surface area contributed by atoms with E-state index in [1.54, 1.807) is 50.2 Å². The minimum atomic E-state index is -0.917. The smallest absolute Gasteiger partial charge is 0.303 e. The summed E-state index contributed by atoms with van der Waals surface area (Å²) in [6, 6.07) is 23.3. The normalized spacial score (nSPS) is 12.3. The monoisotopic (exact) mass is 948 g/mol. The van der Waals surface area contributed by atoms with E-state index in [0.29, 0.717) is 64.7 Å². The lowest BCUT2D eigenvalue weighted by Crippen LogP contribution is -2.24. The Labute approximate surface area is 402 Å². The number of aliphatic hydroxyl groups is 2. The molecule has 0 aliphatic carbocycles. The molecular formula is C53H58Cl2N4O8. The first-order chi connectivity index (χ1) is 32.3. The molecule has 2 aromatic heterocycles. The number of rotatable bonds is 24. The number of halogens is 2. The molecule has 0 bridgehead atoms. The van der Waals surface area contributed by atoms with Gasteiger partial charge in [-0.2, -0.15) is 0 Å². The van der Waals surface area contributed by atoms with Crippen LogP contribution in [-0.4, -0.2) is 57.7 Å². The van der Waals surface area contributed by atoms with Gasteiger partial charge in [-0.15, -0.1) is 0 Å². The molecule has 67 heavy (non-hydrogen) atoms. The van der Waals surface area contributed by atoms with E-state index < -0.39 is 5.97 Å². The number of carboxylic acid groups (broad SMARTS) is 1. The van der Waals surface area contributed by atoms with Crippen molar-refractivity contribution in [3.63, 3.8) is 0 Å². The van der Waals surface area contributed by atoms with Crippen molar-refractivity contribution in [1.82, 2.24) is 15.3 Å². The molecule has 2 heterocycles. The summed E-state index contributed by atoms with van der Waals surface area (Å²) in [6.07, 6.45) is 9.25. The van der Waals surface area contributed by atoms with Crippen LogP contribution in [0.1, 0.15) is 75.4 Å². The zero-order chi connectivity index (χ0) is 47.9. The zero-order valence-electron chi connectivity index (χ0n) is 38.5. The van der Waals surface area contributed by atoms with Crippen LogP contribution in [0.4, 0.5) is 0 Å². The largest absolute Gasteiger partial charge is 0.488 e. The maximum Gasteiger partial charge on any atom is 0.303 e. The molecule has 2 unspecified atom stereocenters. The Bertz CT molecular complexity index is 2660. The molecule has 12 nitrogen and oxygen atoms in total. The van der Waals surface area contributed by atoms with Gasteiger partial charge >= 0.3 is 5.97 Å². The highest BCUT2D eigenvalue weighted by molar-refractivity contribution is 6.32. The fraction of sp³-hybridized carbons (Fsp3) is 0.321. The lowest BCUT2D eigenvalue weighted by molar-refractivity contribution is -0.138. The van der Waals surface area contributed by atoms with Crippen molar-refractivity contribution in [2.75, 3.05) is 20.2 Å². The molecule has 2 atom stereocenters. The van der Waals surface area contributed by atoms with Gasteiger partial charge in [0, 0.05) is 91.2 Å². The van der Waals surface area contributed by atoms with Crippen molar-refractivity contribution < 1.29 is 39.1 Å². The number of pyridine rings is 2. The minimum Gasteiger partial charge on any atom is -0.488 e. The molecule has 4 N–H and O–H groups in total. The Morgan fingerprint density at radius 1 is 0.716 bits per heavy atom. The van der Waals surface area contributed by atoms with Crippen LogP contribution in [0.15, 0.2) is 103 Å². The van der Waals surface area contributed by atoms with E-state index in [0.717, 1.165) is 61.2 Å². The highest BCUT2D eigenvalue weighted by atomic mass is 35.5. The van der Waals surface area contributed by atoms with E-state index in [9.17, 15) is 20.1 Å². The van der Waals surface area contributed by atoms with Crippen LogP contribution in [0.5, 0.6) is 23.0 Å². The number of aliphatic carboxylic acids is 1. The SMILES string of the molecule is CN=Cc1cncc(COc2cc(OCc3cccc(-c4cccc(COc5cc(OCc6cncc(C)c6)c(CNCC(C)CC(CO)CC(=O)O)cc5Cl)c4C)c3C)c(Cl)cc2CO)c1. The predicted molar refractivity (Wildman–Crippen MR) is 263 cm³/mol. The molecule has 352 valence electrons. The molecule has 14 heteroatoms. The number of aliphatic imine (C=N–C) groups is 1. The molecule has 6 rings (SSSR count). The summed E-state index contributed by atoms with van der Waals surface area (Å²) in [6.45, 7) is 9.80. The van der Waals surface area contributed by atoms with Crippen molar-refractivity contribution in [2.45, 2.75) is 80.1 Å². The Morgan fingerprint density at radius 3 is 1.82 bits per heavy atom. The second kappa shape index (κ2) is 24.7. The van der Waals surface area contributed by atoms with Gasteiger partial charge in [-0.05, 0) is 109 Å². The fourth-order valence-electron chi connectivity index (χ4n) is 7.88. The number of carboxylic acids is 1. The van der Waals surface area contributed by atoms with E-state index in [4.69, 9.17) is 42.1 Å². The number of aryl methyl sites for hydroxylation is 1. The summed E-state index contributed by atoms with van der Waals surface area (Å²) < 4.78 is 25.3. The van der Waals surface area contributed by atoms with Crippen molar-refractivity contribution in [3.8, 4) is 34.1 Å². The van der Waals surface area contributed by atoms with Gasteiger partial charge in [-0.3, -0.25) is 19.8 Å². The number of aliphatic hydroxyl groups excluding tert-OH is 2. The third-order valence-corrected chi connectivity index (χ3v) is 12.0. The van der Waals surface area contributed by atoms with Crippen LogP contribution in [0, 0.1) is 32.6 Å². The number of nitrogens with one attached hydrogen (secondary N) is 1. The molecule has 0 spiro atoms. The maximum atomic E-state index is 11.2. The molecule has 0 amide bonds. The van der Waals surface area contributed by atoms with Gasteiger partial charge in [0.1, 0.15) is 49.4 Å². The van der Waals surface area contributed by atoms with Gasteiger partial charge in [0.15, 0.2) is 0 Å². The number of ether oxygens (including phenoxy) is 4. The topological polar surface area (TPSA) is 165 Å². The summed E-state index contributed by atoms with van der Waals surface area (Å²) in [4.78, 5) is 23.9. The second-order valence-corrected chi connectivity index (χ2v) is 17.6. The highest BCUT2D eigenvalue weighted by Crippen LogP contribution is 2.37. The lowest BCUT2D eigenvalue weighted by Gasteiger charge is -2.20. The highest BCUT2D eigenvalue weighted by Gasteiger charge is 2.19. The van der Waals surface area contributed by atoms with Crippen molar-refractivity contribution in [3.05, 3.63) is 163 Å². The fourth-order valence-corrected chi connectivity index (χ4v) is 8.36. The third kappa shape index (κ3) is 14.2. The van der Waals surface area contributed by atoms with Gasteiger partial charge in [0.05, 0.1) is 23.1 Å². The van der Waals surface area contributed by atoms with Gasteiger partial charge in [0.25, 0.3) is 0 Å². The van der Waals surface area contributed by atoms with Crippen LogP contribution in [0.2, 0.25) is 10.0 Å². The Morgan fingerprint density at radius 2 is 1.27 bits per heavy atom. The number of nitrogens with zero attached hydrogens (tertiary/aromatic N) is 3. The van der Waals surface area contributed by atoms with Crippen molar-refractivity contribution >= 4 is 35.4 Å². The van der Waals surface area contributed by atoms with E-state index in [1.165, 1.54) is 0 Å². The quantitative estimate of drug-likeness (QED) is 0.0427. The van der Waals surface area contributed by atoms with E-state index >= 15 is 0 Å². The van der Waals surface area contributed by atoms with Crippen LogP contribution in [-0.2, 0) is 44.4 Å². The van der Waals surface area contributed by atoms with E-state index in [2.05, 4.69) is 46.3 Å². The summed E-state index contributed by atoms with van der Waals surface area (Å²) in [7, 11) is 1.70. The van der Waals surface area contributed by atoms with E-state index in [1.807, 2.05) is 62.4 Å². The number of hydrogen-bond acceptors (Lipinski definition) is 11. The van der Waals surface area contributed by atoms with Gasteiger partial charge in [-0.1, -0.05) is 66.5 Å². The summed E-state index contributed by atoms with van der Waals surface area (Å²) in [5, 5.41) is 33.2. The molecule has 0 saturated heterocycles. The Balaban J connectivity index is 1.15.